The van der Waals surface area contributed by atoms with Gasteiger partial charge < -0.3 is 4.42 Å². The van der Waals surface area contributed by atoms with Gasteiger partial charge >= 0.3 is 6.18 Å². The van der Waals surface area contributed by atoms with Crippen molar-refractivity contribution in [2.75, 3.05) is 0 Å². The average molecular weight is 346 g/mol. The number of aromatic nitrogens is 2. The fourth-order valence-electron chi connectivity index (χ4n) is 2.40. The molecule has 0 N–H and O–H groups in total. The summed E-state index contributed by atoms with van der Waals surface area (Å²) in [6.45, 7) is 5.89. The van der Waals surface area contributed by atoms with Crippen molar-refractivity contribution in [1.82, 2.24) is 10.2 Å². The molecule has 0 aliphatic carbocycles. The fraction of sp³-hybridized carbons (Fsp3) is 0.263. The molecule has 1 heterocycles. The van der Waals surface area contributed by atoms with Crippen LogP contribution in [0.15, 0.2) is 52.9 Å². The molecule has 0 saturated carbocycles. The summed E-state index contributed by atoms with van der Waals surface area (Å²) in [5, 5.41) is 8.18. The van der Waals surface area contributed by atoms with E-state index in [1.54, 1.807) is 0 Å². The molecule has 0 amide bonds. The van der Waals surface area contributed by atoms with Gasteiger partial charge in [0, 0.05) is 11.0 Å². The van der Waals surface area contributed by atoms with Crippen molar-refractivity contribution in [3.63, 3.8) is 0 Å². The summed E-state index contributed by atoms with van der Waals surface area (Å²) in [7, 11) is 0. The molecule has 3 aromatic rings. The first-order valence-electron chi connectivity index (χ1n) is 7.77. The van der Waals surface area contributed by atoms with Crippen molar-refractivity contribution in [3.05, 3.63) is 60.0 Å². The molecule has 0 bridgehead atoms. The smallest absolute Gasteiger partial charge is 0.416 e. The summed E-state index contributed by atoms with van der Waals surface area (Å²) in [5.41, 5.74) is 1.11. The molecular formula is C19H17F3N2O. The second-order valence-electron chi connectivity index (χ2n) is 6.78. The van der Waals surface area contributed by atoms with Crippen molar-refractivity contribution < 1.29 is 17.6 Å². The summed E-state index contributed by atoms with van der Waals surface area (Å²) >= 11 is 0. The highest BCUT2D eigenvalue weighted by Crippen LogP contribution is 2.35. The predicted octanol–water partition coefficient (Wildman–Crippen LogP) is 5.72. The van der Waals surface area contributed by atoms with Crippen LogP contribution in [0.3, 0.4) is 0 Å². The Bertz CT molecular complexity index is 875. The molecule has 0 atom stereocenters. The molecule has 0 spiro atoms. The van der Waals surface area contributed by atoms with Gasteiger partial charge in [-0.3, -0.25) is 0 Å². The van der Waals surface area contributed by atoms with Crippen LogP contribution in [0.2, 0.25) is 0 Å². The highest BCUT2D eigenvalue weighted by molar-refractivity contribution is 5.79. The van der Waals surface area contributed by atoms with Crippen LogP contribution >= 0.6 is 0 Å². The van der Waals surface area contributed by atoms with Gasteiger partial charge in [-0.25, -0.2) is 0 Å². The average Bonchev–Trinajstić information content (AvgIpc) is 3.04. The predicted molar refractivity (Wildman–Crippen MR) is 88.9 cm³/mol. The van der Waals surface area contributed by atoms with E-state index in [2.05, 4.69) is 10.2 Å². The van der Waals surface area contributed by atoms with Gasteiger partial charge in [-0.2, -0.15) is 13.2 Å². The topological polar surface area (TPSA) is 38.9 Å². The van der Waals surface area contributed by atoms with Crippen LogP contribution in [0.25, 0.3) is 22.6 Å². The number of nitrogens with zero attached hydrogens (tertiary/aromatic N) is 2. The number of alkyl halides is 3. The molecule has 0 aliphatic heterocycles. The third-order valence-electron chi connectivity index (χ3n) is 3.75. The highest BCUT2D eigenvalue weighted by Gasteiger charge is 2.30. The first-order chi connectivity index (χ1) is 11.7. The summed E-state index contributed by atoms with van der Waals surface area (Å²) < 4.78 is 44.0. The fourth-order valence-corrected chi connectivity index (χ4v) is 2.40. The molecule has 3 rings (SSSR count). The molecule has 0 radical (unpaired) electrons. The van der Waals surface area contributed by atoms with Crippen molar-refractivity contribution in [2.45, 2.75) is 32.4 Å². The third kappa shape index (κ3) is 3.57. The zero-order valence-electron chi connectivity index (χ0n) is 14.1. The summed E-state index contributed by atoms with van der Waals surface area (Å²) in [5.74, 6) is 0.852. The van der Waals surface area contributed by atoms with Crippen molar-refractivity contribution in [1.29, 1.82) is 0 Å². The molecule has 25 heavy (non-hydrogen) atoms. The Morgan fingerprint density at radius 3 is 1.92 bits per heavy atom. The van der Waals surface area contributed by atoms with Gasteiger partial charge in [0.15, 0.2) is 0 Å². The monoisotopic (exact) mass is 346 g/mol. The molecule has 130 valence electrons. The van der Waals surface area contributed by atoms with Gasteiger partial charge in [-0.05, 0) is 29.3 Å². The quantitative estimate of drug-likeness (QED) is 0.596. The van der Waals surface area contributed by atoms with E-state index in [9.17, 15) is 13.2 Å². The summed E-state index contributed by atoms with van der Waals surface area (Å²) in [6, 6.07) is 12.3. The number of hydrogen-bond acceptors (Lipinski definition) is 3. The minimum atomic E-state index is -4.36. The van der Waals surface area contributed by atoms with Crippen molar-refractivity contribution in [2.24, 2.45) is 0 Å². The minimum Gasteiger partial charge on any atom is -0.420 e. The van der Waals surface area contributed by atoms with E-state index in [0.29, 0.717) is 22.9 Å². The Labute approximate surface area is 143 Å². The van der Waals surface area contributed by atoms with Crippen LogP contribution in [0.5, 0.6) is 0 Å². The molecule has 0 aliphatic rings. The maximum atomic E-state index is 12.7. The van der Waals surface area contributed by atoms with Gasteiger partial charge in [-0.1, -0.05) is 51.1 Å². The van der Waals surface area contributed by atoms with E-state index < -0.39 is 11.7 Å². The zero-order chi connectivity index (χ0) is 18.2. The van der Waals surface area contributed by atoms with E-state index in [1.807, 2.05) is 45.0 Å². The van der Waals surface area contributed by atoms with Crippen LogP contribution in [0, 0.1) is 0 Å². The lowest BCUT2D eigenvalue weighted by molar-refractivity contribution is -0.137. The van der Waals surface area contributed by atoms with Crippen LogP contribution in [-0.4, -0.2) is 10.2 Å². The van der Waals surface area contributed by atoms with E-state index in [-0.39, 0.29) is 5.41 Å². The maximum absolute atomic E-state index is 12.7. The molecule has 0 unspecified atom stereocenters. The lowest BCUT2D eigenvalue weighted by atomic mass is 9.97. The van der Waals surface area contributed by atoms with E-state index in [0.717, 1.165) is 17.7 Å². The van der Waals surface area contributed by atoms with Crippen LogP contribution in [0.1, 0.15) is 32.2 Å². The molecule has 1 aromatic heterocycles. The largest absolute Gasteiger partial charge is 0.420 e. The normalized spacial score (nSPS) is 12.4. The number of benzene rings is 2. The molecule has 3 nitrogen and oxygen atoms in total. The van der Waals surface area contributed by atoms with E-state index >= 15 is 0 Å². The van der Waals surface area contributed by atoms with Crippen LogP contribution in [-0.2, 0) is 11.6 Å². The highest BCUT2D eigenvalue weighted by atomic mass is 19.4. The Balaban J connectivity index is 2.03. The summed E-state index contributed by atoms with van der Waals surface area (Å²) in [4.78, 5) is 0. The molecule has 0 saturated heterocycles. The minimum absolute atomic E-state index is 0.283. The molecule has 0 fully saturated rings. The Kier molecular flexibility index (Phi) is 4.14. The SMILES string of the molecule is CC(C)(C)c1nnc(-c2ccccc2-c2ccc(C(F)(F)F)cc2)o1. The Hall–Kier alpha value is -2.63. The number of rotatable bonds is 2. The summed E-state index contributed by atoms with van der Waals surface area (Å²) in [6.07, 6.45) is -4.36. The van der Waals surface area contributed by atoms with Gasteiger partial charge in [-0.15, -0.1) is 10.2 Å². The lowest BCUT2D eigenvalue weighted by Crippen LogP contribution is -2.11. The van der Waals surface area contributed by atoms with Crippen molar-refractivity contribution >= 4 is 0 Å². The van der Waals surface area contributed by atoms with Gasteiger partial charge in [0.25, 0.3) is 0 Å². The zero-order valence-corrected chi connectivity index (χ0v) is 14.1. The third-order valence-corrected chi connectivity index (χ3v) is 3.75. The van der Waals surface area contributed by atoms with Gasteiger partial charge in [0.05, 0.1) is 5.56 Å². The Morgan fingerprint density at radius 2 is 1.40 bits per heavy atom. The maximum Gasteiger partial charge on any atom is 0.416 e. The number of halogens is 3. The lowest BCUT2D eigenvalue weighted by Gasteiger charge is -2.12. The molecule has 6 heteroatoms. The van der Waals surface area contributed by atoms with E-state index in [4.69, 9.17) is 4.42 Å². The first kappa shape index (κ1) is 17.2. The molecule has 2 aromatic carbocycles. The van der Waals surface area contributed by atoms with Gasteiger partial charge in [0.2, 0.25) is 11.8 Å². The van der Waals surface area contributed by atoms with Crippen LogP contribution < -0.4 is 0 Å². The standard InChI is InChI=1S/C19H17F3N2O/c1-18(2,3)17-24-23-16(25-17)15-7-5-4-6-14(15)12-8-10-13(11-9-12)19(20,21)22/h4-11H,1-3H3. The second kappa shape index (κ2) is 6.02. The van der Waals surface area contributed by atoms with E-state index in [1.165, 1.54) is 12.1 Å². The van der Waals surface area contributed by atoms with Crippen LogP contribution in [0.4, 0.5) is 13.2 Å². The Morgan fingerprint density at radius 1 is 0.800 bits per heavy atom. The van der Waals surface area contributed by atoms with Crippen molar-refractivity contribution in [3.8, 4) is 22.6 Å². The first-order valence-corrected chi connectivity index (χ1v) is 7.77. The number of hydrogen-bond donors (Lipinski definition) is 0. The molecular weight excluding hydrogens is 329 g/mol. The van der Waals surface area contributed by atoms with Gasteiger partial charge in [0.1, 0.15) is 0 Å². The second-order valence-corrected chi connectivity index (χ2v) is 6.78.